The maximum Gasteiger partial charge on any atom is 0.274 e. The lowest BCUT2D eigenvalue weighted by atomic mass is 10.0. The Morgan fingerprint density at radius 3 is 2.59 bits per heavy atom. The first-order valence-electron chi connectivity index (χ1n) is 7.07. The fourth-order valence-corrected chi connectivity index (χ4v) is 3.17. The minimum Gasteiger partial charge on any atom is -0.373 e. The van der Waals surface area contributed by atoms with Crippen LogP contribution in [0.5, 0.6) is 0 Å². The lowest BCUT2D eigenvalue weighted by molar-refractivity contribution is -0.0970. The van der Waals surface area contributed by atoms with Crippen molar-refractivity contribution in [3.05, 3.63) is 34.9 Å². The summed E-state index contributed by atoms with van der Waals surface area (Å²) >= 11 is 5.93. The molecule has 1 aliphatic rings. The van der Waals surface area contributed by atoms with Crippen LogP contribution in [0.3, 0.4) is 0 Å². The molecular formula is C14H22ClN3O3S. The Labute approximate surface area is 136 Å². The standard InChI is InChI=1S/C14H22ClN3O3S/c1-14(2)10-18(7-8-21-14)13(9-17-22(16,19)20)11-3-5-12(15)6-4-11/h3-6,13,17H,7-10H2,1-2H3,(H2,16,19,20)/t13-/m1/s1. The summed E-state index contributed by atoms with van der Waals surface area (Å²) in [6.07, 6.45) is 0. The van der Waals surface area contributed by atoms with Gasteiger partial charge < -0.3 is 4.74 Å². The molecule has 6 nitrogen and oxygen atoms in total. The van der Waals surface area contributed by atoms with E-state index in [2.05, 4.69) is 9.62 Å². The van der Waals surface area contributed by atoms with Crippen LogP contribution in [0.4, 0.5) is 0 Å². The van der Waals surface area contributed by atoms with Crippen molar-refractivity contribution in [3.8, 4) is 0 Å². The predicted octanol–water partition coefficient (Wildman–Crippen LogP) is 1.29. The number of nitrogens with zero attached hydrogens (tertiary/aromatic N) is 1. The number of nitrogens with two attached hydrogens (primary N) is 1. The van der Waals surface area contributed by atoms with Gasteiger partial charge in [0.2, 0.25) is 0 Å². The Morgan fingerprint density at radius 1 is 1.41 bits per heavy atom. The van der Waals surface area contributed by atoms with E-state index in [1.807, 2.05) is 26.0 Å². The predicted molar refractivity (Wildman–Crippen MR) is 86.9 cm³/mol. The van der Waals surface area contributed by atoms with Gasteiger partial charge >= 0.3 is 0 Å². The van der Waals surface area contributed by atoms with Crippen LogP contribution >= 0.6 is 11.6 Å². The fraction of sp³-hybridized carbons (Fsp3) is 0.571. The van der Waals surface area contributed by atoms with Crippen LogP contribution in [-0.2, 0) is 14.9 Å². The second-order valence-corrected chi connectivity index (χ2v) is 7.85. The number of morpholine rings is 1. The second-order valence-electron chi connectivity index (χ2n) is 6.04. The highest BCUT2D eigenvalue weighted by Crippen LogP contribution is 2.27. The Hall–Kier alpha value is -0.700. The van der Waals surface area contributed by atoms with Crippen molar-refractivity contribution in [2.45, 2.75) is 25.5 Å². The Bertz CT molecular complexity index is 604. The molecule has 0 aromatic heterocycles. The minimum atomic E-state index is -3.74. The van der Waals surface area contributed by atoms with Crippen LogP contribution in [0, 0.1) is 0 Å². The summed E-state index contributed by atoms with van der Waals surface area (Å²) in [6, 6.07) is 7.28. The summed E-state index contributed by atoms with van der Waals surface area (Å²) in [5.74, 6) is 0. The lowest BCUT2D eigenvalue weighted by Gasteiger charge is -2.42. The van der Waals surface area contributed by atoms with Gasteiger partial charge in [-0.05, 0) is 31.5 Å². The smallest absolute Gasteiger partial charge is 0.274 e. The van der Waals surface area contributed by atoms with Crippen molar-refractivity contribution in [2.24, 2.45) is 5.14 Å². The van der Waals surface area contributed by atoms with E-state index in [9.17, 15) is 8.42 Å². The summed E-state index contributed by atoms with van der Waals surface area (Å²) in [4.78, 5) is 2.20. The highest BCUT2D eigenvalue weighted by Gasteiger charge is 2.32. The molecule has 3 N–H and O–H groups in total. The van der Waals surface area contributed by atoms with Crippen molar-refractivity contribution in [1.29, 1.82) is 0 Å². The van der Waals surface area contributed by atoms with E-state index in [4.69, 9.17) is 21.5 Å². The van der Waals surface area contributed by atoms with Gasteiger partial charge in [-0.1, -0.05) is 23.7 Å². The number of hydrogen-bond acceptors (Lipinski definition) is 4. The van der Waals surface area contributed by atoms with E-state index in [1.165, 1.54) is 0 Å². The largest absolute Gasteiger partial charge is 0.373 e. The maximum absolute atomic E-state index is 11.2. The monoisotopic (exact) mass is 347 g/mol. The molecule has 0 amide bonds. The molecule has 0 unspecified atom stereocenters. The van der Waals surface area contributed by atoms with Crippen molar-refractivity contribution in [3.63, 3.8) is 0 Å². The highest BCUT2D eigenvalue weighted by molar-refractivity contribution is 7.87. The fourth-order valence-electron chi connectivity index (χ4n) is 2.66. The molecule has 22 heavy (non-hydrogen) atoms. The van der Waals surface area contributed by atoms with Crippen molar-refractivity contribution in [2.75, 3.05) is 26.2 Å². The van der Waals surface area contributed by atoms with Crippen LogP contribution in [0.1, 0.15) is 25.5 Å². The molecule has 0 radical (unpaired) electrons. The van der Waals surface area contributed by atoms with Gasteiger partial charge in [0.05, 0.1) is 12.2 Å². The third-order valence-electron chi connectivity index (χ3n) is 3.63. The zero-order valence-corrected chi connectivity index (χ0v) is 14.3. The Morgan fingerprint density at radius 2 is 2.05 bits per heavy atom. The molecule has 1 fully saturated rings. The molecule has 0 spiro atoms. The molecule has 0 aliphatic carbocycles. The first kappa shape index (κ1) is 17.7. The van der Waals surface area contributed by atoms with E-state index in [0.717, 1.165) is 12.1 Å². The molecule has 1 saturated heterocycles. The van der Waals surface area contributed by atoms with Gasteiger partial charge in [-0.3, -0.25) is 4.90 Å². The Kier molecular flexibility index (Phi) is 5.47. The van der Waals surface area contributed by atoms with Gasteiger partial charge in [-0.2, -0.15) is 8.42 Å². The number of hydrogen-bond donors (Lipinski definition) is 2. The molecule has 1 aliphatic heterocycles. The van der Waals surface area contributed by atoms with Crippen LogP contribution in [0.15, 0.2) is 24.3 Å². The van der Waals surface area contributed by atoms with E-state index in [1.54, 1.807) is 12.1 Å². The molecule has 2 rings (SSSR count). The first-order chi connectivity index (χ1) is 10.2. The van der Waals surface area contributed by atoms with Gasteiger partial charge in [-0.25, -0.2) is 9.86 Å². The number of halogens is 1. The summed E-state index contributed by atoms with van der Waals surface area (Å²) < 4.78 is 30.6. The topological polar surface area (TPSA) is 84.7 Å². The molecule has 1 aromatic carbocycles. The van der Waals surface area contributed by atoms with Gasteiger partial charge in [0.1, 0.15) is 0 Å². The minimum absolute atomic E-state index is 0.126. The van der Waals surface area contributed by atoms with Crippen LogP contribution in [0.25, 0.3) is 0 Å². The number of nitrogens with one attached hydrogen (secondary N) is 1. The van der Waals surface area contributed by atoms with Crippen molar-refractivity contribution >= 4 is 21.8 Å². The number of ether oxygens (including phenoxy) is 1. The normalized spacial score (nSPS) is 20.7. The molecule has 1 aromatic rings. The molecule has 124 valence electrons. The summed E-state index contributed by atoms with van der Waals surface area (Å²) in [7, 11) is -3.74. The second kappa shape index (κ2) is 6.82. The van der Waals surface area contributed by atoms with Crippen molar-refractivity contribution < 1.29 is 13.2 Å². The quantitative estimate of drug-likeness (QED) is 0.840. The highest BCUT2D eigenvalue weighted by atomic mass is 35.5. The van der Waals surface area contributed by atoms with Crippen molar-refractivity contribution in [1.82, 2.24) is 9.62 Å². The molecule has 8 heteroatoms. The zero-order valence-electron chi connectivity index (χ0n) is 12.8. The van der Waals surface area contributed by atoms with E-state index in [0.29, 0.717) is 18.2 Å². The van der Waals surface area contributed by atoms with Gasteiger partial charge in [0, 0.05) is 30.7 Å². The average Bonchev–Trinajstić information content (AvgIpc) is 2.38. The summed E-state index contributed by atoms with van der Waals surface area (Å²) in [5, 5.41) is 5.71. The first-order valence-corrected chi connectivity index (χ1v) is 9.00. The average molecular weight is 348 g/mol. The van der Waals surface area contributed by atoms with Gasteiger partial charge in [0.25, 0.3) is 10.2 Å². The molecular weight excluding hydrogens is 326 g/mol. The van der Waals surface area contributed by atoms with Crippen LogP contribution in [-0.4, -0.2) is 45.2 Å². The summed E-state index contributed by atoms with van der Waals surface area (Å²) in [6.45, 7) is 6.27. The third kappa shape index (κ3) is 5.19. The van der Waals surface area contributed by atoms with E-state index >= 15 is 0 Å². The third-order valence-corrected chi connectivity index (χ3v) is 4.45. The molecule has 0 saturated carbocycles. The van der Waals surface area contributed by atoms with Gasteiger partial charge in [0.15, 0.2) is 0 Å². The molecule has 0 bridgehead atoms. The SMILES string of the molecule is CC1(C)CN([C@H](CNS(N)(=O)=O)c2ccc(Cl)cc2)CCO1. The number of rotatable bonds is 5. The molecule has 1 heterocycles. The molecule has 1 atom stereocenters. The van der Waals surface area contributed by atoms with Crippen LogP contribution in [0.2, 0.25) is 5.02 Å². The van der Waals surface area contributed by atoms with Crippen LogP contribution < -0.4 is 9.86 Å². The van der Waals surface area contributed by atoms with Gasteiger partial charge in [-0.15, -0.1) is 0 Å². The summed E-state index contributed by atoms with van der Waals surface area (Å²) in [5.41, 5.74) is 0.711. The van der Waals surface area contributed by atoms with E-state index < -0.39 is 10.2 Å². The zero-order chi connectivity index (χ0) is 16.4. The maximum atomic E-state index is 11.2. The Balaban J connectivity index is 2.22. The lowest BCUT2D eigenvalue weighted by Crippen LogP contribution is -2.51. The number of benzene rings is 1. The van der Waals surface area contributed by atoms with E-state index in [-0.39, 0.29) is 18.2 Å².